The van der Waals surface area contributed by atoms with Gasteiger partial charge in [0.2, 0.25) is 11.8 Å². The molecule has 1 rings (SSSR count). The highest BCUT2D eigenvalue weighted by Crippen LogP contribution is 2.47. The van der Waals surface area contributed by atoms with Crippen LogP contribution in [0.4, 0.5) is 0 Å². The van der Waals surface area contributed by atoms with E-state index in [2.05, 4.69) is 36.8 Å². The van der Waals surface area contributed by atoms with Crippen LogP contribution >= 0.6 is 0 Å². The number of aliphatic carboxylic acids is 2. The highest BCUT2D eigenvalue weighted by Gasteiger charge is 2.63. The van der Waals surface area contributed by atoms with Gasteiger partial charge in [0.25, 0.3) is 0 Å². The molecule has 0 saturated heterocycles. The Morgan fingerprint density at radius 3 is 1.26 bits per heavy atom. The van der Waals surface area contributed by atoms with Crippen LogP contribution in [0.5, 0.6) is 0 Å². The number of carbonyl (C=O) groups is 4. The van der Waals surface area contributed by atoms with Crippen LogP contribution in [0.15, 0.2) is 0 Å². The summed E-state index contributed by atoms with van der Waals surface area (Å²) >= 11 is 0. The second-order valence-electron chi connectivity index (χ2n) is 9.95. The topological polar surface area (TPSA) is 151 Å². The number of rotatable bonds is 16. The second kappa shape index (κ2) is 13.4. The summed E-state index contributed by atoms with van der Waals surface area (Å²) in [5.41, 5.74) is 0. The van der Waals surface area contributed by atoms with Gasteiger partial charge in [0.1, 0.15) is 0 Å². The lowest BCUT2D eigenvalue weighted by Gasteiger charge is -2.45. The number of carbonyl (C=O) groups excluding carboxylic acids is 2. The maximum Gasteiger partial charge on any atom is 0.308 e. The van der Waals surface area contributed by atoms with Gasteiger partial charge in [-0.05, 0) is 65.0 Å². The standard InChI is InChI=1S/C22H42N2O8Si2/c1-7-31-33(3,4)13-9-11-23-19(25)15-17(21(27)28)16(18(15)22(29)30)20(26)24-12-10-14-34(5,6)32-8-2/h15-18H,7-14H2,1-6H3,(H,23,25)(H,24,26)(H,27,28)(H,29,30). The lowest BCUT2D eigenvalue weighted by molar-refractivity contribution is -0.181. The number of carboxylic acids is 2. The molecule has 0 aromatic carbocycles. The molecule has 0 spiro atoms. The summed E-state index contributed by atoms with van der Waals surface area (Å²) in [4.78, 5) is 49.2. The van der Waals surface area contributed by atoms with E-state index in [1.807, 2.05) is 13.8 Å². The quantitative estimate of drug-likeness (QED) is 0.179. The Labute approximate surface area is 204 Å². The Morgan fingerprint density at radius 1 is 0.676 bits per heavy atom. The van der Waals surface area contributed by atoms with Crippen LogP contribution in [0.2, 0.25) is 38.3 Å². The maximum atomic E-state index is 12.7. The molecule has 196 valence electrons. The Kier molecular flexibility index (Phi) is 11.9. The van der Waals surface area contributed by atoms with Crippen molar-refractivity contribution in [2.75, 3.05) is 26.3 Å². The van der Waals surface area contributed by atoms with Crippen molar-refractivity contribution in [2.24, 2.45) is 23.7 Å². The van der Waals surface area contributed by atoms with Crippen molar-refractivity contribution in [2.45, 2.75) is 65.0 Å². The molecular weight excluding hydrogens is 476 g/mol. The molecule has 0 bridgehead atoms. The molecule has 0 heterocycles. The summed E-state index contributed by atoms with van der Waals surface area (Å²) in [6.45, 7) is 14.0. The normalized spacial score (nSPS) is 22.5. The van der Waals surface area contributed by atoms with Gasteiger partial charge in [0.05, 0.1) is 23.7 Å². The van der Waals surface area contributed by atoms with Gasteiger partial charge in [-0.15, -0.1) is 0 Å². The van der Waals surface area contributed by atoms with Crippen molar-refractivity contribution in [1.29, 1.82) is 0 Å². The average Bonchev–Trinajstić information content (AvgIpc) is 2.67. The fraction of sp³-hybridized carbons (Fsp3) is 0.818. The van der Waals surface area contributed by atoms with Gasteiger partial charge in [-0.1, -0.05) is 0 Å². The van der Waals surface area contributed by atoms with E-state index >= 15 is 0 Å². The van der Waals surface area contributed by atoms with Gasteiger partial charge < -0.3 is 29.7 Å². The van der Waals surface area contributed by atoms with Gasteiger partial charge in [0, 0.05) is 26.3 Å². The lowest BCUT2D eigenvalue weighted by atomic mass is 9.55. The zero-order valence-electron chi connectivity index (χ0n) is 21.3. The Hall–Kier alpha value is -1.77. The molecule has 0 aromatic rings. The number of carboxylic acid groups (broad SMARTS) is 2. The minimum absolute atomic E-state index is 0.299. The van der Waals surface area contributed by atoms with E-state index in [0.717, 1.165) is 12.1 Å². The van der Waals surface area contributed by atoms with Gasteiger partial charge in [-0.25, -0.2) is 0 Å². The fourth-order valence-corrected chi connectivity index (χ4v) is 8.54. The monoisotopic (exact) mass is 518 g/mol. The highest BCUT2D eigenvalue weighted by atomic mass is 28.4. The van der Waals surface area contributed by atoms with Crippen molar-refractivity contribution >= 4 is 40.4 Å². The highest BCUT2D eigenvalue weighted by molar-refractivity contribution is 6.71. The Balaban J connectivity index is 2.71. The van der Waals surface area contributed by atoms with Gasteiger partial charge in [-0.2, -0.15) is 0 Å². The molecule has 1 fully saturated rings. The van der Waals surface area contributed by atoms with Gasteiger partial charge in [-0.3, -0.25) is 19.2 Å². The minimum atomic E-state index is -1.82. The number of amides is 2. The number of hydrogen-bond donors (Lipinski definition) is 4. The maximum absolute atomic E-state index is 12.7. The van der Waals surface area contributed by atoms with E-state index in [9.17, 15) is 29.4 Å². The molecule has 0 aromatic heterocycles. The third-order valence-corrected chi connectivity index (χ3v) is 11.6. The fourth-order valence-electron chi connectivity index (χ4n) is 4.63. The molecule has 0 atom stereocenters. The SMILES string of the molecule is CCO[Si](C)(C)CCCNC(=O)C1C(C(=O)O)C(C(=O)NCCC[Si](C)(C)OCC)C1C(=O)O. The smallest absolute Gasteiger partial charge is 0.308 e. The molecule has 1 saturated carbocycles. The van der Waals surface area contributed by atoms with Crippen LogP contribution in [0, 0.1) is 23.7 Å². The molecule has 1 aliphatic rings. The Bertz CT molecular complexity index is 664. The first-order valence-corrected chi connectivity index (χ1v) is 18.3. The van der Waals surface area contributed by atoms with Crippen molar-refractivity contribution in [1.82, 2.24) is 10.6 Å². The summed E-state index contributed by atoms with van der Waals surface area (Å²) in [6, 6.07) is 1.62. The first-order valence-electron chi connectivity index (χ1n) is 12.1. The second-order valence-corrected chi connectivity index (χ2v) is 18.6. The molecule has 4 N–H and O–H groups in total. The van der Waals surface area contributed by atoms with Crippen molar-refractivity contribution in [3.05, 3.63) is 0 Å². The minimum Gasteiger partial charge on any atom is -0.481 e. The predicted molar refractivity (Wildman–Crippen MR) is 132 cm³/mol. The van der Waals surface area contributed by atoms with Crippen LogP contribution in [0.3, 0.4) is 0 Å². The van der Waals surface area contributed by atoms with Gasteiger partial charge in [0.15, 0.2) is 16.6 Å². The summed E-state index contributed by atoms with van der Waals surface area (Å²) in [5.74, 6) is -9.26. The molecular formula is C22H42N2O8Si2. The summed E-state index contributed by atoms with van der Waals surface area (Å²) in [7, 11) is -3.63. The van der Waals surface area contributed by atoms with Crippen LogP contribution in [0.25, 0.3) is 0 Å². The molecule has 12 heteroatoms. The third-order valence-electron chi connectivity index (χ3n) is 6.30. The summed E-state index contributed by atoms with van der Waals surface area (Å²) in [6.07, 6.45) is 1.30. The zero-order valence-corrected chi connectivity index (χ0v) is 23.3. The van der Waals surface area contributed by atoms with E-state index in [-0.39, 0.29) is 0 Å². The van der Waals surface area contributed by atoms with Crippen LogP contribution in [-0.4, -0.2) is 76.9 Å². The van der Waals surface area contributed by atoms with Crippen LogP contribution < -0.4 is 10.6 Å². The zero-order chi connectivity index (χ0) is 26.1. The van der Waals surface area contributed by atoms with E-state index in [0.29, 0.717) is 39.1 Å². The lowest BCUT2D eigenvalue weighted by Crippen LogP contribution is -2.63. The first kappa shape index (κ1) is 30.3. The summed E-state index contributed by atoms with van der Waals surface area (Å²) < 4.78 is 11.5. The largest absolute Gasteiger partial charge is 0.481 e. The summed E-state index contributed by atoms with van der Waals surface area (Å²) in [5, 5.41) is 24.7. The van der Waals surface area contributed by atoms with Crippen LogP contribution in [-0.2, 0) is 28.0 Å². The molecule has 34 heavy (non-hydrogen) atoms. The molecule has 1 aliphatic carbocycles. The molecule has 2 amide bonds. The van der Waals surface area contributed by atoms with Crippen LogP contribution in [0.1, 0.15) is 26.7 Å². The van der Waals surface area contributed by atoms with E-state index in [1.165, 1.54) is 0 Å². The number of hydrogen-bond acceptors (Lipinski definition) is 6. The van der Waals surface area contributed by atoms with Gasteiger partial charge >= 0.3 is 11.9 Å². The van der Waals surface area contributed by atoms with Crippen molar-refractivity contribution in [3.8, 4) is 0 Å². The predicted octanol–water partition coefficient (Wildman–Crippen LogP) is 2.13. The third kappa shape index (κ3) is 8.78. The first-order chi connectivity index (χ1) is 15.8. The molecule has 0 radical (unpaired) electrons. The molecule has 0 unspecified atom stereocenters. The van der Waals surface area contributed by atoms with E-state index in [4.69, 9.17) is 8.85 Å². The molecule has 10 nitrogen and oxygen atoms in total. The Morgan fingerprint density at radius 2 is 1.00 bits per heavy atom. The van der Waals surface area contributed by atoms with E-state index < -0.39 is 64.1 Å². The van der Waals surface area contributed by atoms with Crippen molar-refractivity contribution < 1.29 is 38.2 Å². The average molecular weight is 519 g/mol. The molecule has 0 aliphatic heterocycles. The van der Waals surface area contributed by atoms with E-state index in [1.54, 1.807) is 0 Å². The van der Waals surface area contributed by atoms with Crippen molar-refractivity contribution in [3.63, 3.8) is 0 Å². The number of nitrogens with one attached hydrogen (secondary N) is 2.